The van der Waals surface area contributed by atoms with Crippen LogP contribution in [0.4, 0.5) is 8.78 Å². The van der Waals surface area contributed by atoms with Crippen LogP contribution in [0.3, 0.4) is 0 Å². The molecule has 0 aliphatic heterocycles. The van der Waals surface area contributed by atoms with Crippen LogP contribution in [0.15, 0.2) is 42.5 Å². The lowest BCUT2D eigenvalue weighted by molar-refractivity contribution is 0.556. The van der Waals surface area contributed by atoms with Gasteiger partial charge in [0, 0.05) is 6.07 Å². The number of rotatable bonds is 3. The maximum absolute atomic E-state index is 13.5. The average molecular weight is 289 g/mol. The van der Waals surface area contributed by atoms with Crippen LogP contribution in [0.2, 0.25) is 0 Å². The van der Waals surface area contributed by atoms with Crippen molar-refractivity contribution >= 4 is 0 Å². The highest BCUT2D eigenvalue weighted by Gasteiger charge is 2.23. The molecule has 0 bridgehead atoms. The molecule has 0 radical (unpaired) electrons. The second kappa shape index (κ2) is 5.94. The van der Waals surface area contributed by atoms with Crippen molar-refractivity contribution in [1.29, 1.82) is 0 Å². The molecule has 0 aromatic heterocycles. The average Bonchev–Trinajstić information content (AvgIpc) is 2.38. The minimum atomic E-state index is -0.557. The minimum absolute atomic E-state index is 0.0441. The van der Waals surface area contributed by atoms with Crippen molar-refractivity contribution in [3.05, 3.63) is 70.8 Å². The quantitative estimate of drug-likeness (QED) is 0.872. The first-order chi connectivity index (χ1) is 9.82. The summed E-state index contributed by atoms with van der Waals surface area (Å²) in [5.74, 6) is -1.11. The monoisotopic (exact) mass is 289 g/mol. The van der Waals surface area contributed by atoms with Crippen LogP contribution in [0.1, 0.15) is 43.5 Å². The highest BCUT2D eigenvalue weighted by atomic mass is 19.1. The first kappa shape index (κ1) is 15.6. The predicted octanol–water partition coefficient (Wildman–Crippen LogP) is 4.57. The van der Waals surface area contributed by atoms with Crippen molar-refractivity contribution < 1.29 is 8.78 Å². The Morgan fingerprint density at radius 1 is 0.952 bits per heavy atom. The smallest absolute Gasteiger partial charge is 0.126 e. The zero-order chi connectivity index (χ0) is 15.6. The molecule has 0 heterocycles. The fourth-order valence-electron chi connectivity index (χ4n) is 2.68. The van der Waals surface area contributed by atoms with Crippen LogP contribution in [-0.2, 0) is 5.41 Å². The van der Waals surface area contributed by atoms with Gasteiger partial charge in [-0.05, 0) is 41.3 Å². The Kier molecular flexibility index (Phi) is 4.43. The Labute approximate surface area is 125 Å². The normalized spacial score (nSPS) is 13.2. The molecule has 2 aromatic rings. The Bertz CT molecular complexity index is 609. The molecule has 1 atom stereocenters. The minimum Gasteiger partial charge on any atom is -0.309 e. The maximum atomic E-state index is 13.5. The molecule has 0 aliphatic carbocycles. The zero-order valence-corrected chi connectivity index (χ0v) is 12.9. The second-order valence-corrected chi connectivity index (χ2v) is 6.26. The van der Waals surface area contributed by atoms with Crippen LogP contribution in [0.25, 0.3) is 0 Å². The number of halogens is 2. The molecule has 0 aliphatic rings. The van der Waals surface area contributed by atoms with E-state index in [4.69, 9.17) is 0 Å². The number of benzene rings is 2. The van der Waals surface area contributed by atoms with E-state index in [1.54, 1.807) is 7.05 Å². The van der Waals surface area contributed by atoms with Gasteiger partial charge in [0.15, 0.2) is 0 Å². The summed E-state index contributed by atoms with van der Waals surface area (Å²) in [6, 6.07) is 11.4. The molecule has 1 nitrogen and oxygen atoms in total. The Hall–Kier alpha value is -1.74. The lowest BCUT2D eigenvalue weighted by atomic mass is 9.80. The van der Waals surface area contributed by atoms with E-state index in [0.717, 1.165) is 17.2 Å². The van der Waals surface area contributed by atoms with Gasteiger partial charge in [0.05, 0.1) is 6.04 Å². The molecule has 2 aromatic carbocycles. The van der Waals surface area contributed by atoms with E-state index in [2.05, 4.69) is 32.2 Å². The molecule has 0 saturated heterocycles. The van der Waals surface area contributed by atoms with Crippen LogP contribution < -0.4 is 5.32 Å². The van der Waals surface area contributed by atoms with Crippen LogP contribution in [0, 0.1) is 11.6 Å². The summed E-state index contributed by atoms with van der Waals surface area (Å²) in [5, 5.41) is 3.17. The predicted molar refractivity (Wildman–Crippen MR) is 82.4 cm³/mol. The van der Waals surface area contributed by atoms with Crippen molar-refractivity contribution in [2.75, 3.05) is 7.05 Å². The van der Waals surface area contributed by atoms with Crippen molar-refractivity contribution in [2.24, 2.45) is 0 Å². The van der Waals surface area contributed by atoms with Gasteiger partial charge in [0.1, 0.15) is 11.6 Å². The molecular formula is C18H21F2N. The van der Waals surface area contributed by atoms with Crippen molar-refractivity contribution in [3.8, 4) is 0 Å². The van der Waals surface area contributed by atoms with Crippen molar-refractivity contribution in [3.63, 3.8) is 0 Å². The summed E-state index contributed by atoms with van der Waals surface area (Å²) < 4.78 is 27.0. The molecule has 21 heavy (non-hydrogen) atoms. The summed E-state index contributed by atoms with van der Waals surface area (Å²) in [4.78, 5) is 0. The van der Waals surface area contributed by atoms with Crippen molar-refractivity contribution in [2.45, 2.75) is 32.2 Å². The van der Waals surface area contributed by atoms with Crippen LogP contribution in [-0.4, -0.2) is 7.05 Å². The van der Waals surface area contributed by atoms with Gasteiger partial charge < -0.3 is 5.32 Å². The van der Waals surface area contributed by atoms with E-state index in [-0.39, 0.29) is 11.5 Å². The van der Waals surface area contributed by atoms with Gasteiger partial charge >= 0.3 is 0 Å². The van der Waals surface area contributed by atoms with Gasteiger partial charge in [0.25, 0.3) is 0 Å². The van der Waals surface area contributed by atoms with Gasteiger partial charge in [-0.3, -0.25) is 0 Å². The molecule has 0 fully saturated rings. The van der Waals surface area contributed by atoms with E-state index >= 15 is 0 Å². The molecule has 0 spiro atoms. The Morgan fingerprint density at radius 3 is 2.05 bits per heavy atom. The fraction of sp³-hybridized carbons (Fsp3) is 0.333. The summed E-state index contributed by atoms with van der Waals surface area (Å²) in [6.45, 7) is 6.39. The molecule has 3 heteroatoms. The third-order valence-electron chi connectivity index (χ3n) is 3.59. The lowest BCUT2D eigenvalue weighted by Crippen LogP contribution is -2.23. The lowest BCUT2D eigenvalue weighted by Gasteiger charge is -2.27. The third-order valence-corrected chi connectivity index (χ3v) is 3.59. The van der Waals surface area contributed by atoms with E-state index in [9.17, 15) is 8.78 Å². The number of hydrogen-bond donors (Lipinski definition) is 1. The highest BCUT2D eigenvalue weighted by Crippen LogP contribution is 2.32. The fourth-order valence-corrected chi connectivity index (χ4v) is 2.68. The van der Waals surface area contributed by atoms with E-state index < -0.39 is 11.6 Å². The van der Waals surface area contributed by atoms with Gasteiger partial charge in [0.2, 0.25) is 0 Å². The van der Waals surface area contributed by atoms with E-state index in [0.29, 0.717) is 5.56 Å². The summed E-state index contributed by atoms with van der Waals surface area (Å²) in [6.07, 6.45) is 0. The Morgan fingerprint density at radius 2 is 1.52 bits per heavy atom. The maximum Gasteiger partial charge on any atom is 0.126 e. The molecule has 0 amide bonds. The van der Waals surface area contributed by atoms with Crippen LogP contribution >= 0.6 is 0 Å². The molecule has 1 unspecified atom stereocenters. The van der Waals surface area contributed by atoms with Crippen molar-refractivity contribution in [1.82, 2.24) is 5.32 Å². The van der Waals surface area contributed by atoms with E-state index in [1.807, 2.05) is 18.2 Å². The zero-order valence-electron chi connectivity index (χ0n) is 12.9. The van der Waals surface area contributed by atoms with Crippen LogP contribution in [0.5, 0.6) is 0 Å². The van der Waals surface area contributed by atoms with Gasteiger partial charge in [-0.15, -0.1) is 0 Å². The first-order valence-electron chi connectivity index (χ1n) is 7.05. The van der Waals surface area contributed by atoms with Gasteiger partial charge in [-0.25, -0.2) is 8.78 Å². The standard InChI is InChI=1S/C18H21F2N/c1-18(2,3)16-8-6-5-7-15(16)17(21-4)12-9-13(19)11-14(20)10-12/h5-11,17,21H,1-4H3. The van der Waals surface area contributed by atoms with E-state index in [1.165, 1.54) is 12.1 Å². The largest absolute Gasteiger partial charge is 0.309 e. The molecule has 112 valence electrons. The Balaban J connectivity index is 2.57. The topological polar surface area (TPSA) is 12.0 Å². The number of hydrogen-bond acceptors (Lipinski definition) is 1. The number of nitrogens with one attached hydrogen (secondary N) is 1. The van der Waals surface area contributed by atoms with Gasteiger partial charge in [-0.1, -0.05) is 45.0 Å². The molecular weight excluding hydrogens is 268 g/mol. The first-order valence-corrected chi connectivity index (χ1v) is 7.05. The SMILES string of the molecule is CNC(c1cc(F)cc(F)c1)c1ccccc1C(C)(C)C. The summed E-state index contributed by atoms with van der Waals surface area (Å²) >= 11 is 0. The summed E-state index contributed by atoms with van der Waals surface area (Å²) in [5.41, 5.74) is 2.75. The highest BCUT2D eigenvalue weighted by molar-refractivity contribution is 5.41. The summed E-state index contributed by atoms with van der Waals surface area (Å²) in [7, 11) is 1.80. The van der Waals surface area contributed by atoms with Gasteiger partial charge in [-0.2, -0.15) is 0 Å². The molecule has 1 N–H and O–H groups in total. The molecule has 2 rings (SSSR count). The molecule has 0 saturated carbocycles. The third kappa shape index (κ3) is 3.48. The second-order valence-electron chi connectivity index (χ2n) is 6.26.